The second kappa shape index (κ2) is 3.39. The number of rotatable bonds is 1. The molecule has 4 heteroatoms. The maximum atomic E-state index is 10.6. The first-order valence-corrected chi connectivity index (χ1v) is 5.68. The number of hydrogen-bond acceptors (Lipinski definition) is 1. The van der Waals surface area contributed by atoms with Gasteiger partial charge in [0.15, 0.2) is 0 Å². The van der Waals surface area contributed by atoms with Crippen LogP contribution in [0.25, 0.3) is 0 Å². The molecule has 0 saturated carbocycles. The molecule has 0 spiro atoms. The average molecular weight is 268 g/mol. The quantitative estimate of drug-likeness (QED) is 0.756. The standard InChI is InChI=1S/C6H5BrO2Se/c7-5-3-1-2-4-6(5)10(8)9/h1-4H,(H,8,9). The topological polar surface area (TPSA) is 37.3 Å². The zero-order chi connectivity index (χ0) is 7.56. The summed E-state index contributed by atoms with van der Waals surface area (Å²) < 4.78 is 20.6. The monoisotopic (exact) mass is 268 g/mol. The van der Waals surface area contributed by atoms with E-state index >= 15 is 0 Å². The van der Waals surface area contributed by atoms with Gasteiger partial charge in [-0.15, -0.1) is 0 Å². The summed E-state index contributed by atoms with van der Waals surface area (Å²) in [6.07, 6.45) is 0. The van der Waals surface area contributed by atoms with Crippen LogP contribution in [0, 0.1) is 0 Å². The fourth-order valence-corrected chi connectivity index (χ4v) is 2.49. The van der Waals surface area contributed by atoms with Crippen LogP contribution in [0.4, 0.5) is 0 Å². The minimum absolute atomic E-state index is 0.502. The third kappa shape index (κ3) is 1.73. The first-order chi connectivity index (χ1) is 4.72. The van der Waals surface area contributed by atoms with Crippen LogP contribution in [0.5, 0.6) is 0 Å². The summed E-state index contributed by atoms with van der Waals surface area (Å²) in [7, 11) is 0. The van der Waals surface area contributed by atoms with Crippen LogP contribution in [0.15, 0.2) is 28.7 Å². The van der Waals surface area contributed by atoms with Crippen molar-refractivity contribution in [2.24, 2.45) is 0 Å². The Hall–Kier alpha value is -0.0205. The molecule has 1 unspecified atom stereocenters. The first kappa shape index (κ1) is 8.08. The van der Waals surface area contributed by atoms with Gasteiger partial charge >= 0.3 is 71.3 Å². The molecular weight excluding hydrogens is 263 g/mol. The second-order valence-corrected chi connectivity index (χ2v) is 4.50. The van der Waals surface area contributed by atoms with Gasteiger partial charge in [0, 0.05) is 0 Å². The van der Waals surface area contributed by atoms with Gasteiger partial charge in [0.2, 0.25) is 0 Å². The zero-order valence-corrected chi connectivity index (χ0v) is 8.25. The Balaban J connectivity index is 3.15. The fourth-order valence-electron chi connectivity index (χ4n) is 0.586. The van der Waals surface area contributed by atoms with Crippen molar-refractivity contribution in [3.05, 3.63) is 28.7 Å². The molecular formula is C6H5BrO2Se. The Kier molecular flexibility index (Phi) is 2.74. The summed E-state index contributed by atoms with van der Waals surface area (Å²) in [5, 5.41) is 0. The Morgan fingerprint density at radius 2 is 2.00 bits per heavy atom. The molecule has 0 aliphatic rings. The predicted molar refractivity (Wildman–Crippen MR) is 42.4 cm³/mol. The third-order valence-corrected chi connectivity index (χ3v) is 3.84. The molecule has 0 aliphatic heterocycles. The molecule has 1 aromatic carbocycles. The van der Waals surface area contributed by atoms with Crippen molar-refractivity contribution in [1.29, 1.82) is 0 Å². The molecule has 0 saturated heterocycles. The van der Waals surface area contributed by atoms with Crippen LogP contribution >= 0.6 is 15.9 Å². The first-order valence-electron chi connectivity index (χ1n) is 2.57. The summed E-state index contributed by atoms with van der Waals surface area (Å²) in [5.74, 6) is 0. The summed E-state index contributed by atoms with van der Waals surface area (Å²) in [4.78, 5) is 0. The van der Waals surface area contributed by atoms with E-state index in [-0.39, 0.29) is 0 Å². The van der Waals surface area contributed by atoms with E-state index in [4.69, 9.17) is 4.19 Å². The van der Waals surface area contributed by atoms with Gasteiger partial charge in [0.25, 0.3) is 0 Å². The van der Waals surface area contributed by atoms with Gasteiger partial charge in [-0.25, -0.2) is 0 Å². The van der Waals surface area contributed by atoms with Gasteiger partial charge in [0.05, 0.1) is 0 Å². The Labute approximate surface area is 71.4 Å². The predicted octanol–water partition coefficient (Wildman–Crippen LogP) is 0.567. The molecule has 0 amide bonds. The van der Waals surface area contributed by atoms with Gasteiger partial charge in [-0.1, -0.05) is 0 Å². The zero-order valence-electron chi connectivity index (χ0n) is 4.95. The van der Waals surface area contributed by atoms with Crippen LogP contribution in [0.3, 0.4) is 0 Å². The van der Waals surface area contributed by atoms with E-state index in [2.05, 4.69) is 15.9 Å². The maximum absolute atomic E-state index is 10.6. The van der Waals surface area contributed by atoms with Crippen molar-refractivity contribution >= 4 is 34.6 Å². The molecule has 0 bridgehead atoms. The van der Waals surface area contributed by atoms with Gasteiger partial charge in [0.1, 0.15) is 0 Å². The van der Waals surface area contributed by atoms with Crippen molar-refractivity contribution in [1.82, 2.24) is 0 Å². The van der Waals surface area contributed by atoms with E-state index in [1.54, 1.807) is 18.2 Å². The number of halogens is 1. The Morgan fingerprint density at radius 3 is 2.40 bits per heavy atom. The van der Waals surface area contributed by atoms with Gasteiger partial charge < -0.3 is 0 Å². The molecule has 1 N–H and O–H groups in total. The Morgan fingerprint density at radius 1 is 1.40 bits per heavy atom. The average Bonchev–Trinajstić information content (AvgIpc) is 1.88. The summed E-state index contributed by atoms with van der Waals surface area (Å²) in [5.41, 5.74) is 0. The molecule has 0 fully saturated rings. The van der Waals surface area contributed by atoms with Crippen molar-refractivity contribution in [2.45, 2.75) is 0 Å². The van der Waals surface area contributed by atoms with E-state index in [1.807, 2.05) is 6.07 Å². The number of hydrogen-bond donors (Lipinski definition) is 1. The summed E-state index contributed by atoms with van der Waals surface area (Å²) in [6.45, 7) is 0. The van der Waals surface area contributed by atoms with Crippen molar-refractivity contribution < 1.29 is 8.02 Å². The molecule has 0 aromatic heterocycles. The van der Waals surface area contributed by atoms with Crippen LogP contribution in [0.2, 0.25) is 0 Å². The van der Waals surface area contributed by atoms with E-state index in [1.165, 1.54) is 0 Å². The molecule has 54 valence electrons. The van der Waals surface area contributed by atoms with Crippen LogP contribution in [-0.2, 0) is 3.83 Å². The van der Waals surface area contributed by atoms with Gasteiger partial charge in [-0.2, -0.15) is 0 Å². The van der Waals surface area contributed by atoms with Crippen molar-refractivity contribution in [3.63, 3.8) is 0 Å². The van der Waals surface area contributed by atoms with Crippen molar-refractivity contribution in [3.8, 4) is 0 Å². The molecule has 10 heavy (non-hydrogen) atoms. The van der Waals surface area contributed by atoms with Crippen LogP contribution < -0.4 is 4.46 Å². The summed E-state index contributed by atoms with van der Waals surface area (Å²) >= 11 is 0.425. The van der Waals surface area contributed by atoms with Crippen LogP contribution in [0.1, 0.15) is 0 Å². The van der Waals surface area contributed by atoms with E-state index in [0.29, 0.717) is 8.93 Å². The molecule has 1 rings (SSSR count). The van der Waals surface area contributed by atoms with E-state index in [9.17, 15) is 3.83 Å². The molecule has 1 atom stereocenters. The molecule has 0 aliphatic carbocycles. The second-order valence-electron chi connectivity index (χ2n) is 1.68. The molecule has 0 heterocycles. The van der Waals surface area contributed by atoms with E-state index < -0.39 is 14.2 Å². The summed E-state index contributed by atoms with van der Waals surface area (Å²) in [6, 6.07) is 6.94. The van der Waals surface area contributed by atoms with Gasteiger partial charge in [-0.3, -0.25) is 0 Å². The van der Waals surface area contributed by atoms with Crippen molar-refractivity contribution in [2.75, 3.05) is 0 Å². The minimum atomic E-state index is -2.74. The van der Waals surface area contributed by atoms with E-state index in [0.717, 1.165) is 0 Å². The van der Waals surface area contributed by atoms with Crippen LogP contribution in [-0.4, -0.2) is 18.4 Å². The fraction of sp³-hybridized carbons (Fsp3) is 0. The van der Waals surface area contributed by atoms with Gasteiger partial charge in [-0.05, 0) is 0 Å². The Bertz CT molecular complexity index is 262. The molecule has 0 radical (unpaired) electrons. The number of benzene rings is 1. The normalized spacial score (nSPS) is 13.0. The third-order valence-electron chi connectivity index (χ3n) is 1.02. The molecule has 1 aromatic rings. The molecule has 2 nitrogen and oxygen atoms in total. The SMILES string of the molecule is O=[Se](O)c1ccccc1Br.